The molecule has 2 aromatic rings. The maximum Gasteiger partial charge on any atom is 0.257 e. The van der Waals surface area contributed by atoms with Gasteiger partial charge in [-0.1, -0.05) is 36.4 Å². The van der Waals surface area contributed by atoms with Crippen LogP contribution < -0.4 is 15.2 Å². The lowest BCUT2D eigenvalue weighted by atomic mass is 10.0. The fourth-order valence-corrected chi connectivity index (χ4v) is 2.97. The maximum absolute atomic E-state index is 13.0. The Balaban J connectivity index is 1.81. The van der Waals surface area contributed by atoms with Gasteiger partial charge in [-0.2, -0.15) is 0 Å². The van der Waals surface area contributed by atoms with Gasteiger partial charge in [-0.3, -0.25) is 4.79 Å². The summed E-state index contributed by atoms with van der Waals surface area (Å²) >= 11 is 0. The molecule has 126 valence electrons. The molecule has 0 saturated carbocycles. The lowest BCUT2D eigenvalue weighted by molar-refractivity contribution is 0.0720. The van der Waals surface area contributed by atoms with Gasteiger partial charge in [0.1, 0.15) is 0 Å². The second-order valence-electron chi connectivity index (χ2n) is 5.88. The molecule has 2 aromatic carbocycles. The molecule has 0 aromatic heterocycles. The molecular weight excluding hydrogens is 304 g/mol. The molecule has 24 heavy (non-hydrogen) atoms. The van der Waals surface area contributed by atoms with Crippen LogP contribution in [-0.4, -0.2) is 37.2 Å². The van der Waals surface area contributed by atoms with Gasteiger partial charge in [0.05, 0.1) is 5.56 Å². The van der Waals surface area contributed by atoms with Crippen molar-refractivity contribution in [2.24, 2.45) is 5.73 Å². The van der Waals surface area contributed by atoms with Crippen LogP contribution in [0.15, 0.2) is 48.5 Å². The van der Waals surface area contributed by atoms with E-state index in [2.05, 4.69) is 12.1 Å². The van der Waals surface area contributed by atoms with Crippen LogP contribution in [0.1, 0.15) is 22.3 Å². The zero-order valence-electron chi connectivity index (χ0n) is 13.8. The quantitative estimate of drug-likeness (QED) is 0.885. The number of carbonyl (C=O) groups excluding carboxylic acids is 1. The number of likely N-dealkylation sites (N-methyl/N-ethyl adjacent to an activating group) is 1. The summed E-state index contributed by atoms with van der Waals surface area (Å²) in [6.07, 6.45) is 1.51. The molecule has 1 unspecified atom stereocenters. The summed E-state index contributed by atoms with van der Waals surface area (Å²) in [7, 11) is 1.82. The van der Waals surface area contributed by atoms with Crippen molar-refractivity contribution < 1.29 is 14.3 Å². The summed E-state index contributed by atoms with van der Waals surface area (Å²) in [4.78, 5) is 14.7. The van der Waals surface area contributed by atoms with Gasteiger partial charge in [0, 0.05) is 13.1 Å². The lowest BCUT2D eigenvalue weighted by Gasteiger charge is -2.28. The van der Waals surface area contributed by atoms with Crippen LogP contribution in [0.2, 0.25) is 0 Å². The van der Waals surface area contributed by atoms with Crippen molar-refractivity contribution >= 4 is 5.91 Å². The fraction of sp³-hybridized carbons (Fsp3) is 0.316. The molecule has 2 N–H and O–H groups in total. The highest BCUT2D eigenvalue weighted by atomic mass is 16.7. The van der Waals surface area contributed by atoms with E-state index < -0.39 is 0 Å². The molecule has 1 atom stereocenters. The number of benzene rings is 2. The Labute approximate surface area is 142 Å². The number of nitrogens with two attached hydrogens (primary N) is 1. The minimum absolute atomic E-state index is 0.0306. The van der Waals surface area contributed by atoms with E-state index in [4.69, 9.17) is 15.2 Å². The number of hydrogen-bond donors (Lipinski definition) is 1. The van der Waals surface area contributed by atoms with E-state index in [9.17, 15) is 4.79 Å². The molecule has 0 fully saturated rings. The summed E-state index contributed by atoms with van der Waals surface area (Å²) in [6.45, 7) is 0.682. The first kappa shape index (κ1) is 16.3. The standard InChI is InChI=1S/C19H22N2O3/c1-21(15(10-11-20)12-14-6-3-2-4-7-14)19(22)16-8-5-9-17-18(16)24-13-23-17/h2-9,15H,10-13,20H2,1H3. The molecule has 0 aliphatic carbocycles. The first-order chi connectivity index (χ1) is 11.7. The molecule has 0 bridgehead atoms. The Kier molecular flexibility index (Phi) is 5.01. The number of rotatable bonds is 6. The van der Waals surface area contributed by atoms with Gasteiger partial charge in [0.2, 0.25) is 6.79 Å². The molecule has 0 radical (unpaired) electrons. The number of hydrogen-bond acceptors (Lipinski definition) is 4. The Bertz CT molecular complexity index is 703. The van der Waals surface area contributed by atoms with Crippen LogP contribution >= 0.6 is 0 Å². The van der Waals surface area contributed by atoms with Gasteiger partial charge in [0.15, 0.2) is 11.5 Å². The summed E-state index contributed by atoms with van der Waals surface area (Å²) in [5.74, 6) is 1.07. The summed E-state index contributed by atoms with van der Waals surface area (Å²) in [5.41, 5.74) is 7.49. The number of ether oxygens (including phenoxy) is 2. The van der Waals surface area contributed by atoms with Crippen LogP contribution in [0, 0.1) is 0 Å². The van der Waals surface area contributed by atoms with E-state index in [-0.39, 0.29) is 18.7 Å². The van der Waals surface area contributed by atoms with E-state index in [1.54, 1.807) is 17.0 Å². The highest BCUT2D eigenvalue weighted by Gasteiger charge is 2.27. The average molecular weight is 326 g/mol. The van der Waals surface area contributed by atoms with Crippen molar-refractivity contribution in [1.29, 1.82) is 0 Å². The molecule has 1 amide bonds. The Hall–Kier alpha value is -2.53. The van der Waals surface area contributed by atoms with Crippen molar-refractivity contribution in [3.05, 3.63) is 59.7 Å². The topological polar surface area (TPSA) is 64.8 Å². The van der Waals surface area contributed by atoms with Crippen molar-refractivity contribution in [3.8, 4) is 11.5 Å². The van der Waals surface area contributed by atoms with E-state index in [1.807, 2.05) is 31.3 Å². The number of fused-ring (bicyclic) bond motifs is 1. The van der Waals surface area contributed by atoms with E-state index in [0.29, 0.717) is 23.6 Å². The third kappa shape index (κ3) is 3.36. The molecule has 1 aliphatic rings. The van der Waals surface area contributed by atoms with Gasteiger partial charge in [-0.05, 0) is 37.1 Å². The zero-order valence-corrected chi connectivity index (χ0v) is 13.8. The van der Waals surface area contributed by atoms with Gasteiger partial charge in [-0.15, -0.1) is 0 Å². The fourth-order valence-electron chi connectivity index (χ4n) is 2.97. The Morgan fingerprint density at radius 1 is 1.17 bits per heavy atom. The van der Waals surface area contributed by atoms with Crippen LogP contribution in [0.4, 0.5) is 0 Å². The molecule has 0 saturated heterocycles. The Morgan fingerprint density at radius 3 is 2.71 bits per heavy atom. The summed E-state index contributed by atoms with van der Waals surface area (Å²) in [5, 5.41) is 0. The van der Waals surface area contributed by atoms with Gasteiger partial charge < -0.3 is 20.1 Å². The number of amides is 1. The van der Waals surface area contributed by atoms with Crippen LogP contribution in [-0.2, 0) is 6.42 Å². The monoisotopic (exact) mass is 326 g/mol. The van der Waals surface area contributed by atoms with E-state index >= 15 is 0 Å². The van der Waals surface area contributed by atoms with E-state index in [1.165, 1.54) is 5.56 Å². The Morgan fingerprint density at radius 2 is 1.96 bits per heavy atom. The molecule has 0 spiro atoms. The molecular formula is C19H22N2O3. The van der Waals surface area contributed by atoms with Crippen molar-refractivity contribution in [2.45, 2.75) is 18.9 Å². The third-order valence-electron chi connectivity index (χ3n) is 4.31. The van der Waals surface area contributed by atoms with Gasteiger partial charge >= 0.3 is 0 Å². The van der Waals surface area contributed by atoms with Crippen molar-refractivity contribution in [1.82, 2.24) is 4.90 Å². The predicted octanol–water partition coefficient (Wildman–Crippen LogP) is 2.45. The minimum Gasteiger partial charge on any atom is -0.454 e. The first-order valence-corrected chi connectivity index (χ1v) is 8.10. The van der Waals surface area contributed by atoms with Crippen LogP contribution in [0.25, 0.3) is 0 Å². The van der Waals surface area contributed by atoms with Crippen LogP contribution in [0.5, 0.6) is 11.5 Å². The zero-order chi connectivity index (χ0) is 16.9. The van der Waals surface area contributed by atoms with Crippen molar-refractivity contribution in [2.75, 3.05) is 20.4 Å². The predicted molar refractivity (Wildman–Crippen MR) is 92.3 cm³/mol. The number of para-hydroxylation sites is 1. The van der Waals surface area contributed by atoms with Crippen molar-refractivity contribution in [3.63, 3.8) is 0 Å². The molecule has 1 aliphatic heterocycles. The molecule has 3 rings (SSSR count). The molecule has 5 heteroatoms. The largest absolute Gasteiger partial charge is 0.454 e. The minimum atomic E-state index is -0.0771. The second kappa shape index (κ2) is 7.36. The molecule has 5 nitrogen and oxygen atoms in total. The SMILES string of the molecule is CN(C(=O)c1cccc2c1OCO2)C(CCN)Cc1ccccc1. The molecule has 1 heterocycles. The first-order valence-electron chi connectivity index (χ1n) is 8.10. The van der Waals surface area contributed by atoms with Crippen LogP contribution in [0.3, 0.4) is 0 Å². The van der Waals surface area contributed by atoms with Gasteiger partial charge in [-0.25, -0.2) is 0 Å². The summed E-state index contributed by atoms with van der Waals surface area (Å²) < 4.78 is 10.8. The normalized spacial score (nSPS) is 13.6. The maximum atomic E-state index is 13.0. The highest BCUT2D eigenvalue weighted by Crippen LogP contribution is 2.36. The smallest absolute Gasteiger partial charge is 0.257 e. The van der Waals surface area contributed by atoms with E-state index in [0.717, 1.165) is 12.8 Å². The average Bonchev–Trinajstić information content (AvgIpc) is 3.10. The number of nitrogens with zero attached hydrogens (tertiary/aromatic N) is 1. The second-order valence-corrected chi connectivity index (χ2v) is 5.88. The summed E-state index contributed by atoms with van der Waals surface area (Å²) in [6, 6.07) is 15.6. The highest BCUT2D eigenvalue weighted by molar-refractivity contribution is 5.98. The lowest BCUT2D eigenvalue weighted by Crippen LogP contribution is -2.40. The third-order valence-corrected chi connectivity index (χ3v) is 4.31. The van der Waals surface area contributed by atoms with Gasteiger partial charge in [0.25, 0.3) is 5.91 Å². The number of carbonyl (C=O) groups is 1.